The molecular weight excluding hydrogens is 327 g/mol. The van der Waals surface area contributed by atoms with E-state index in [1.54, 1.807) is 6.07 Å². The van der Waals surface area contributed by atoms with E-state index in [4.69, 9.17) is 0 Å². The largest absolute Gasteiger partial charge is 0.416 e. The van der Waals surface area contributed by atoms with Crippen molar-refractivity contribution in [3.05, 3.63) is 71.8 Å². The average Bonchev–Trinajstić information content (AvgIpc) is 3.00. The number of fused-ring (bicyclic) bond motifs is 3. The lowest BCUT2D eigenvalue weighted by Gasteiger charge is -2.08. The number of aldehydes is 1. The first-order valence-electron chi connectivity index (χ1n) is 7.65. The minimum Gasteiger partial charge on any atom is -0.353 e. The summed E-state index contributed by atoms with van der Waals surface area (Å²) in [5.41, 5.74) is 1.09. The van der Waals surface area contributed by atoms with Crippen LogP contribution in [0.3, 0.4) is 0 Å². The summed E-state index contributed by atoms with van der Waals surface area (Å²) in [5.74, 6) is 0. The van der Waals surface area contributed by atoms with Gasteiger partial charge in [0.05, 0.1) is 16.8 Å². The Balaban J connectivity index is 2.02. The predicted molar refractivity (Wildman–Crippen MR) is 91.6 cm³/mol. The SMILES string of the molecule is O=Cc1c(-c2cccc(C(F)(F)F)c2)[nH]c2c1ccc1ccccc12. The van der Waals surface area contributed by atoms with Crippen LogP contribution in [0.25, 0.3) is 32.9 Å². The molecule has 2 nitrogen and oxygen atoms in total. The number of H-pyrrole nitrogens is 1. The van der Waals surface area contributed by atoms with Gasteiger partial charge in [0, 0.05) is 16.3 Å². The second kappa shape index (κ2) is 5.48. The monoisotopic (exact) mass is 339 g/mol. The molecule has 1 heterocycles. The maximum absolute atomic E-state index is 13.0. The van der Waals surface area contributed by atoms with Crippen LogP contribution in [0, 0.1) is 0 Å². The van der Waals surface area contributed by atoms with Crippen LogP contribution in [0.2, 0.25) is 0 Å². The number of halogens is 3. The highest BCUT2D eigenvalue weighted by molar-refractivity contribution is 6.14. The summed E-state index contributed by atoms with van der Waals surface area (Å²) in [7, 11) is 0. The number of carbonyl (C=O) groups excluding carboxylic acids is 1. The highest BCUT2D eigenvalue weighted by atomic mass is 19.4. The van der Waals surface area contributed by atoms with Crippen molar-refractivity contribution in [1.29, 1.82) is 0 Å². The highest BCUT2D eigenvalue weighted by Crippen LogP contribution is 2.36. The van der Waals surface area contributed by atoms with E-state index in [0.29, 0.717) is 28.5 Å². The molecule has 0 amide bonds. The van der Waals surface area contributed by atoms with Crippen LogP contribution in [0.15, 0.2) is 60.7 Å². The molecule has 1 N–H and O–H groups in total. The molecule has 0 unspecified atom stereocenters. The fourth-order valence-electron chi connectivity index (χ4n) is 3.16. The normalized spacial score (nSPS) is 12.0. The molecule has 0 atom stereocenters. The molecule has 0 fully saturated rings. The van der Waals surface area contributed by atoms with E-state index in [1.807, 2.05) is 36.4 Å². The third-order valence-electron chi connectivity index (χ3n) is 4.33. The number of carbonyl (C=O) groups is 1. The maximum Gasteiger partial charge on any atom is 0.416 e. The molecule has 5 heteroatoms. The van der Waals surface area contributed by atoms with Gasteiger partial charge in [-0.15, -0.1) is 0 Å². The Hall–Kier alpha value is -3.08. The molecule has 0 spiro atoms. The molecule has 0 aliphatic heterocycles. The summed E-state index contributed by atoms with van der Waals surface area (Å²) in [6, 6.07) is 16.3. The number of hydrogen-bond donors (Lipinski definition) is 1. The fraction of sp³-hybridized carbons (Fsp3) is 0.0500. The third-order valence-corrected chi connectivity index (χ3v) is 4.33. The minimum atomic E-state index is -4.43. The molecule has 0 bridgehead atoms. The summed E-state index contributed by atoms with van der Waals surface area (Å²) >= 11 is 0. The van der Waals surface area contributed by atoms with Crippen molar-refractivity contribution in [3.8, 4) is 11.3 Å². The van der Waals surface area contributed by atoms with E-state index in [2.05, 4.69) is 4.98 Å². The van der Waals surface area contributed by atoms with Crippen molar-refractivity contribution in [2.45, 2.75) is 6.18 Å². The Morgan fingerprint density at radius 2 is 1.68 bits per heavy atom. The first-order valence-corrected chi connectivity index (χ1v) is 7.65. The molecule has 25 heavy (non-hydrogen) atoms. The molecule has 3 aromatic carbocycles. The van der Waals surface area contributed by atoms with Crippen LogP contribution in [-0.4, -0.2) is 11.3 Å². The molecule has 1 aromatic heterocycles. The Bertz CT molecular complexity index is 1110. The van der Waals surface area contributed by atoms with Crippen LogP contribution in [0.1, 0.15) is 15.9 Å². The summed E-state index contributed by atoms with van der Waals surface area (Å²) < 4.78 is 39.0. The van der Waals surface area contributed by atoms with Crippen molar-refractivity contribution >= 4 is 28.0 Å². The van der Waals surface area contributed by atoms with E-state index < -0.39 is 11.7 Å². The average molecular weight is 339 g/mol. The molecule has 0 saturated carbocycles. The van der Waals surface area contributed by atoms with Gasteiger partial charge in [0.2, 0.25) is 0 Å². The standard InChI is InChI=1S/C20H12F3NO/c21-20(22,23)14-6-3-5-13(10-14)18-17(11-25)16-9-8-12-4-1-2-7-15(12)19(16)24-18/h1-11,24H. The van der Waals surface area contributed by atoms with Crippen LogP contribution in [0.4, 0.5) is 13.2 Å². The highest BCUT2D eigenvalue weighted by Gasteiger charge is 2.30. The number of aromatic nitrogens is 1. The van der Waals surface area contributed by atoms with Crippen molar-refractivity contribution in [2.75, 3.05) is 0 Å². The predicted octanol–water partition coefficient (Wildman–Crippen LogP) is 5.82. The van der Waals surface area contributed by atoms with Gasteiger partial charge >= 0.3 is 6.18 Å². The van der Waals surface area contributed by atoms with E-state index in [0.717, 1.165) is 28.4 Å². The van der Waals surface area contributed by atoms with Gasteiger partial charge < -0.3 is 4.98 Å². The molecule has 4 aromatic rings. The second-order valence-electron chi connectivity index (χ2n) is 5.82. The Labute approximate surface area is 140 Å². The third kappa shape index (κ3) is 2.48. The van der Waals surface area contributed by atoms with Crippen molar-refractivity contribution in [3.63, 3.8) is 0 Å². The first-order chi connectivity index (χ1) is 12.0. The summed E-state index contributed by atoms with van der Waals surface area (Å²) in [6.07, 6.45) is -3.75. The topological polar surface area (TPSA) is 32.9 Å². The number of benzene rings is 3. The Morgan fingerprint density at radius 3 is 2.44 bits per heavy atom. The van der Waals surface area contributed by atoms with Gasteiger partial charge in [0.1, 0.15) is 0 Å². The van der Waals surface area contributed by atoms with E-state index >= 15 is 0 Å². The van der Waals surface area contributed by atoms with Crippen LogP contribution >= 0.6 is 0 Å². The summed E-state index contributed by atoms with van der Waals surface area (Å²) in [5, 5.41) is 2.60. The number of hydrogen-bond acceptors (Lipinski definition) is 1. The molecule has 0 saturated heterocycles. The van der Waals surface area contributed by atoms with Crippen LogP contribution in [0.5, 0.6) is 0 Å². The van der Waals surface area contributed by atoms with Crippen molar-refractivity contribution in [1.82, 2.24) is 4.98 Å². The molecule has 0 radical (unpaired) electrons. The molecule has 0 aliphatic rings. The van der Waals surface area contributed by atoms with Gasteiger partial charge in [0.15, 0.2) is 6.29 Å². The molecular formula is C20H12F3NO. The molecule has 4 rings (SSSR count). The zero-order valence-electron chi connectivity index (χ0n) is 12.9. The molecule has 124 valence electrons. The van der Waals surface area contributed by atoms with Crippen molar-refractivity contribution < 1.29 is 18.0 Å². The zero-order valence-corrected chi connectivity index (χ0v) is 12.9. The maximum atomic E-state index is 13.0. The number of rotatable bonds is 2. The van der Waals surface area contributed by atoms with Gasteiger partial charge in [-0.05, 0) is 23.1 Å². The number of aromatic amines is 1. The lowest BCUT2D eigenvalue weighted by molar-refractivity contribution is -0.137. The minimum absolute atomic E-state index is 0.331. The van der Waals surface area contributed by atoms with Gasteiger partial charge in [-0.2, -0.15) is 13.2 Å². The van der Waals surface area contributed by atoms with E-state index in [-0.39, 0.29) is 0 Å². The Morgan fingerprint density at radius 1 is 0.880 bits per heavy atom. The van der Waals surface area contributed by atoms with Gasteiger partial charge in [-0.25, -0.2) is 0 Å². The van der Waals surface area contributed by atoms with Crippen LogP contribution < -0.4 is 0 Å². The smallest absolute Gasteiger partial charge is 0.353 e. The van der Waals surface area contributed by atoms with E-state index in [9.17, 15) is 18.0 Å². The van der Waals surface area contributed by atoms with E-state index in [1.165, 1.54) is 6.07 Å². The zero-order chi connectivity index (χ0) is 17.6. The van der Waals surface area contributed by atoms with Gasteiger partial charge in [-0.3, -0.25) is 4.79 Å². The van der Waals surface area contributed by atoms with Gasteiger partial charge in [0.25, 0.3) is 0 Å². The number of alkyl halides is 3. The number of nitrogens with one attached hydrogen (secondary N) is 1. The summed E-state index contributed by atoms with van der Waals surface area (Å²) in [6.45, 7) is 0. The Kier molecular flexibility index (Phi) is 3.39. The van der Waals surface area contributed by atoms with Crippen LogP contribution in [-0.2, 0) is 6.18 Å². The molecule has 0 aliphatic carbocycles. The van der Waals surface area contributed by atoms with Crippen molar-refractivity contribution in [2.24, 2.45) is 0 Å². The second-order valence-corrected chi connectivity index (χ2v) is 5.82. The quantitative estimate of drug-likeness (QED) is 0.459. The van der Waals surface area contributed by atoms with Gasteiger partial charge in [-0.1, -0.05) is 48.5 Å². The lowest BCUT2D eigenvalue weighted by Crippen LogP contribution is -2.04. The first kappa shape index (κ1) is 15.4. The lowest BCUT2D eigenvalue weighted by atomic mass is 10.0. The fourth-order valence-corrected chi connectivity index (χ4v) is 3.16. The summed E-state index contributed by atoms with van der Waals surface area (Å²) in [4.78, 5) is 14.8.